The van der Waals surface area contributed by atoms with Gasteiger partial charge in [0.15, 0.2) is 0 Å². The number of amides is 1. The van der Waals surface area contributed by atoms with Gasteiger partial charge in [-0.05, 0) is 0 Å². The topological polar surface area (TPSA) is 40.5 Å². The zero-order valence-corrected chi connectivity index (χ0v) is 7.55. The predicted molar refractivity (Wildman–Crippen MR) is 44.5 cm³/mol. The molecule has 0 fully saturated rings. The number of hydrogen-bond acceptors (Lipinski definition) is 2. The largest absolute Gasteiger partial charge is 0.397 e. The van der Waals surface area contributed by atoms with Crippen molar-refractivity contribution in [1.82, 2.24) is 4.90 Å². The average Bonchev–Trinajstić information content (AvgIpc) is 2.01. The first-order valence-electron chi connectivity index (χ1n) is 3.97. The maximum Gasteiger partial charge on any atom is 0.397 e. The van der Waals surface area contributed by atoms with E-state index in [1.807, 2.05) is 0 Å². The molecule has 1 N–H and O–H groups in total. The van der Waals surface area contributed by atoms with Crippen molar-refractivity contribution in [3.8, 4) is 0 Å². The molecule has 6 heteroatoms. The molecular formula is C8H12F3NO2. The van der Waals surface area contributed by atoms with E-state index >= 15 is 0 Å². The molecule has 0 atom stereocenters. The number of nitrogens with zero attached hydrogens (tertiary/aromatic N) is 1. The van der Waals surface area contributed by atoms with Crippen LogP contribution in [0.25, 0.3) is 0 Å². The molecule has 0 unspecified atom stereocenters. The molecule has 0 aromatic heterocycles. The third kappa shape index (κ3) is 5.58. The van der Waals surface area contributed by atoms with Crippen molar-refractivity contribution in [2.24, 2.45) is 0 Å². The molecule has 0 aliphatic carbocycles. The maximum absolute atomic E-state index is 11.8. The molecule has 1 amide bonds. The minimum atomic E-state index is -4.51. The van der Waals surface area contributed by atoms with Crippen LogP contribution in [-0.2, 0) is 4.79 Å². The van der Waals surface area contributed by atoms with E-state index in [0.717, 1.165) is 4.90 Å². The van der Waals surface area contributed by atoms with Gasteiger partial charge in [-0.3, -0.25) is 4.79 Å². The van der Waals surface area contributed by atoms with Crippen molar-refractivity contribution in [3.63, 3.8) is 0 Å². The summed E-state index contributed by atoms with van der Waals surface area (Å²) in [5.41, 5.74) is 0. The van der Waals surface area contributed by atoms with Crippen LogP contribution in [0.15, 0.2) is 12.7 Å². The second kappa shape index (κ2) is 5.64. The van der Waals surface area contributed by atoms with Crippen molar-refractivity contribution in [2.75, 3.05) is 19.7 Å². The Morgan fingerprint density at radius 2 is 2.07 bits per heavy atom. The van der Waals surface area contributed by atoms with Crippen LogP contribution in [0.4, 0.5) is 13.2 Å². The number of halogens is 3. The van der Waals surface area contributed by atoms with Gasteiger partial charge in [0.25, 0.3) is 0 Å². The first kappa shape index (κ1) is 13.0. The van der Waals surface area contributed by atoms with E-state index < -0.39 is 18.5 Å². The predicted octanol–water partition coefficient (Wildman–Crippen LogP) is 0.946. The summed E-state index contributed by atoms with van der Waals surface area (Å²) < 4.78 is 35.4. The number of aliphatic hydroxyl groups is 1. The molecule has 0 saturated heterocycles. The van der Waals surface area contributed by atoms with Gasteiger partial charge in [0.05, 0.1) is 6.61 Å². The summed E-state index contributed by atoms with van der Waals surface area (Å²) in [6.07, 6.45) is -4.70. The molecule has 0 aromatic rings. The summed E-state index contributed by atoms with van der Waals surface area (Å²) in [4.78, 5) is 11.9. The van der Waals surface area contributed by atoms with Gasteiger partial charge in [0, 0.05) is 13.1 Å². The Morgan fingerprint density at radius 1 is 1.50 bits per heavy atom. The summed E-state index contributed by atoms with van der Waals surface area (Å²) in [5.74, 6) is -1.05. The van der Waals surface area contributed by atoms with Crippen molar-refractivity contribution < 1.29 is 23.1 Å². The number of aliphatic hydroxyl groups excluding tert-OH is 1. The molecule has 0 saturated carbocycles. The Hall–Kier alpha value is -1.04. The molecule has 82 valence electrons. The van der Waals surface area contributed by atoms with E-state index in [0.29, 0.717) is 0 Å². The zero-order valence-electron chi connectivity index (χ0n) is 7.55. The molecule has 0 aliphatic heterocycles. The summed E-state index contributed by atoms with van der Waals surface area (Å²) in [5, 5.41) is 8.50. The summed E-state index contributed by atoms with van der Waals surface area (Å²) >= 11 is 0. The fourth-order valence-corrected chi connectivity index (χ4v) is 0.878. The third-order valence-corrected chi connectivity index (χ3v) is 1.42. The SMILES string of the molecule is C=CCN(CCO)C(=O)CC(F)(F)F. The fourth-order valence-electron chi connectivity index (χ4n) is 0.878. The molecule has 3 nitrogen and oxygen atoms in total. The summed E-state index contributed by atoms with van der Waals surface area (Å²) in [7, 11) is 0. The van der Waals surface area contributed by atoms with Crippen LogP contribution >= 0.6 is 0 Å². The van der Waals surface area contributed by atoms with E-state index in [9.17, 15) is 18.0 Å². The highest BCUT2D eigenvalue weighted by Gasteiger charge is 2.33. The Kier molecular flexibility index (Phi) is 5.22. The minimum absolute atomic E-state index is 0.00940. The van der Waals surface area contributed by atoms with Crippen LogP contribution in [-0.4, -0.2) is 41.8 Å². The van der Waals surface area contributed by atoms with Crippen molar-refractivity contribution in [2.45, 2.75) is 12.6 Å². The number of rotatable bonds is 5. The first-order chi connectivity index (χ1) is 6.40. The molecule has 14 heavy (non-hydrogen) atoms. The van der Waals surface area contributed by atoms with E-state index in [4.69, 9.17) is 5.11 Å². The van der Waals surface area contributed by atoms with Gasteiger partial charge in [-0.1, -0.05) is 6.08 Å². The Morgan fingerprint density at radius 3 is 2.43 bits per heavy atom. The number of alkyl halides is 3. The third-order valence-electron chi connectivity index (χ3n) is 1.42. The van der Waals surface area contributed by atoms with Crippen LogP contribution in [0, 0.1) is 0 Å². The standard InChI is InChI=1S/C8H12F3NO2/c1-2-3-12(4-5-13)7(14)6-8(9,10)11/h2,13H,1,3-6H2. The highest BCUT2D eigenvalue weighted by atomic mass is 19.4. The van der Waals surface area contributed by atoms with Crippen LogP contribution in [0.2, 0.25) is 0 Å². The van der Waals surface area contributed by atoms with Crippen molar-refractivity contribution in [3.05, 3.63) is 12.7 Å². The summed E-state index contributed by atoms with van der Waals surface area (Å²) in [6.45, 7) is 2.84. The first-order valence-corrected chi connectivity index (χ1v) is 3.97. The monoisotopic (exact) mass is 211 g/mol. The molecular weight excluding hydrogens is 199 g/mol. The second-order valence-corrected chi connectivity index (χ2v) is 2.64. The van der Waals surface area contributed by atoms with Gasteiger partial charge in [0.1, 0.15) is 6.42 Å². The van der Waals surface area contributed by atoms with Gasteiger partial charge >= 0.3 is 6.18 Å². The average molecular weight is 211 g/mol. The van der Waals surface area contributed by atoms with Gasteiger partial charge in [0.2, 0.25) is 5.91 Å². The summed E-state index contributed by atoms with van der Waals surface area (Å²) in [6, 6.07) is 0. The molecule has 0 rings (SSSR count). The van der Waals surface area contributed by atoms with Gasteiger partial charge < -0.3 is 10.0 Å². The van der Waals surface area contributed by atoms with Crippen molar-refractivity contribution in [1.29, 1.82) is 0 Å². The van der Waals surface area contributed by atoms with Crippen LogP contribution < -0.4 is 0 Å². The Bertz CT molecular complexity index is 203. The smallest absolute Gasteiger partial charge is 0.395 e. The Labute approximate surface area is 79.8 Å². The fraction of sp³-hybridized carbons (Fsp3) is 0.625. The van der Waals surface area contributed by atoms with Crippen molar-refractivity contribution >= 4 is 5.91 Å². The molecule has 0 bridgehead atoms. The van der Waals surface area contributed by atoms with Crippen LogP contribution in [0.1, 0.15) is 6.42 Å². The van der Waals surface area contributed by atoms with E-state index in [2.05, 4.69) is 6.58 Å². The quantitative estimate of drug-likeness (QED) is 0.688. The van der Waals surface area contributed by atoms with Gasteiger partial charge in [-0.15, -0.1) is 6.58 Å². The van der Waals surface area contributed by atoms with Crippen LogP contribution in [0.5, 0.6) is 0 Å². The van der Waals surface area contributed by atoms with Crippen LogP contribution in [0.3, 0.4) is 0 Å². The zero-order chi connectivity index (χ0) is 11.2. The lowest BCUT2D eigenvalue weighted by atomic mass is 10.3. The normalized spacial score (nSPS) is 11.1. The molecule has 0 spiro atoms. The molecule has 0 aliphatic rings. The lowest BCUT2D eigenvalue weighted by Gasteiger charge is -2.20. The highest BCUT2D eigenvalue weighted by molar-refractivity contribution is 5.77. The lowest BCUT2D eigenvalue weighted by molar-refractivity contribution is -0.161. The van der Waals surface area contributed by atoms with E-state index in [1.54, 1.807) is 0 Å². The van der Waals surface area contributed by atoms with Gasteiger partial charge in [-0.25, -0.2) is 0 Å². The minimum Gasteiger partial charge on any atom is -0.395 e. The maximum atomic E-state index is 11.8. The van der Waals surface area contributed by atoms with E-state index in [1.165, 1.54) is 6.08 Å². The van der Waals surface area contributed by atoms with E-state index in [-0.39, 0.29) is 19.7 Å². The number of carbonyl (C=O) groups excluding carboxylic acids is 1. The molecule has 0 aromatic carbocycles. The number of carbonyl (C=O) groups is 1. The molecule has 0 radical (unpaired) electrons. The van der Waals surface area contributed by atoms with Gasteiger partial charge in [-0.2, -0.15) is 13.2 Å². The lowest BCUT2D eigenvalue weighted by Crippen LogP contribution is -2.36. The number of hydrogen-bond donors (Lipinski definition) is 1. The Balaban J connectivity index is 4.21. The highest BCUT2D eigenvalue weighted by Crippen LogP contribution is 2.20. The molecule has 0 heterocycles. The second-order valence-electron chi connectivity index (χ2n) is 2.64.